The fraction of sp³-hybridized carbons (Fsp3) is 0.182. The smallest absolute Gasteiger partial charge is 0.339 e. The fourth-order valence-electron chi connectivity index (χ4n) is 1.41. The van der Waals surface area contributed by atoms with E-state index in [0.717, 1.165) is 4.90 Å². The lowest BCUT2D eigenvalue weighted by Gasteiger charge is -2.08. The number of benzene rings is 1. The first-order chi connectivity index (χ1) is 9.01. The molecular formula is C11H12N4O3S. The van der Waals surface area contributed by atoms with Gasteiger partial charge in [0.2, 0.25) is 0 Å². The molecule has 2 rings (SSSR count). The summed E-state index contributed by atoms with van der Waals surface area (Å²) in [5, 5.41) is 2.75. The number of hydrogen-bond donors (Lipinski definition) is 2. The van der Waals surface area contributed by atoms with E-state index in [4.69, 9.17) is 10.5 Å². The quantitative estimate of drug-likeness (QED) is 0.615. The van der Waals surface area contributed by atoms with Gasteiger partial charge >= 0.3 is 11.1 Å². The molecule has 1 heterocycles. The molecule has 0 spiro atoms. The van der Waals surface area contributed by atoms with Crippen molar-refractivity contribution in [3.8, 4) is 5.75 Å². The highest BCUT2D eigenvalue weighted by Gasteiger charge is 2.08. The van der Waals surface area contributed by atoms with Crippen LogP contribution in [0.15, 0.2) is 37.8 Å². The van der Waals surface area contributed by atoms with Crippen LogP contribution >= 0.6 is 11.8 Å². The monoisotopic (exact) mass is 280 g/mol. The maximum Gasteiger partial charge on any atom is 0.339 e. The number of rotatable bonds is 3. The van der Waals surface area contributed by atoms with E-state index in [0.29, 0.717) is 16.6 Å². The van der Waals surface area contributed by atoms with Crippen LogP contribution in [0.3, 0.4) is 0 Å². The second kappa shape index (κ2) is 5.19. The lowest BCUT2D eigenvalue weighted by Crippen LogP contribution is -2.33. The van der Waals surface area contributed by atoms with Gasteiger partial charge < -0.3 is 10.5 Å². The number of anilines is 1. The molecule has 3 N–H and O–H groups in total. The number of hydrogen-bond acceptors (Lipinski definition) is 6. The number of H-pyrrole nitrogens is 1. The summed E-state index contributed by atoms with van der Waals surface area (Å²) in [4.78, 5) is 26.8. The summed E-state index contributed by atoms with van der Waals surface area (Å²) in [5.74, 6) is 0.541. The normalized spacial score (nSPS) is 10.4. The molecule has 0 unspecified atom stereocenters. The standard InChI is InChI=1S/C11H12N4O3S/c1-15-11(13-9(16)10(17)14-15)19-6-3-4-7(12)8(5-6)18-2/h3-5H,12H2,1-2H3,(H,14,17). The third-order valence-electron chi connectivity index (χ3n) is 2.36. The van der Waals surface area contributed by atoms with E-state index in [-0.39, 0.29) is 0 Å². The second-order valence-corrected chi connectivity index (χ2v) is 4.75. The van der Waals surface area contributed by atoms with E-state index < -0.39 is 11.1 Å². The van der Waals surface area contributed by atoms with Crippen molar-refractivity contribution in [2.24, 2.45) is 7.05 Å². The number of aromatic nitrogens is 3. The minimum atomic E-state index is -0.817. The Morgan fingerprint density at radius 2 is 2.16 bits per heavy atom. The van der Waals surface area contributed by atoms with Gasteiger partial charge in [-0.05, 0) is 30.0 Å². The van der Waals surface area contributed by atoms with Gasteiger partial charge in [0, 0.05) is 11.9 Å². The van der Waals surface area contributed by atoms with Crippen molar-refractivity contribution in [3.05, 3.63) is 38.9 Å². The summed E-state index contributed by atoms with van der Waals surface area (Å²) in [5.41, 5.74) is 4.67. The van der Waals surface area contributed by atoms with Crippen LogP contribution in [-0.4, -0.2) is 21.9 Å². The van der Waals surface area contributed by atoms with Gasteiger partial charge in [0.05, 0.1) is 12.8 Å². The lowest BCUT2D eigenvalue weighted by molar-refractivity contribution is 0.416. The SMILES string of the molecule is COc1cc(Sc2nc(=O)c(=O)[nH]n2C)ccc1N. The number of nitrogens with two attached hydrogens (primary N) is 1. The molecule has 0 aliphatic carbocycles. The highest BCUT2D eigenvalue weighted by molar-refractivity contribution is 7.99. The van der Waals surface area contributed by atoms with E-state index in [1.165, 1.54) is 23.6 Å². The zero-order chi connectivity index (χ0) is 14.0. The molecule has 0 aliphatic heterocycles. The Bertz CT molecular complexity index is 723. The Kier molecular flexibility index (Phi) is 3.61. The fourth-order valence-corrected chi connectivity index (χ4v) is 2.24. The summed E-state index contributed by atoms with van der Waals surface area (Å²) in [6.45, 7) is 0. The molecular weight excluding hydrogens is 268 g/mol. The number of methoxy groups -OCH3 is 1. The van der Waals surface area contributed by atoms with Crippen molar-refractivity contribution in [2.75, 3.05) is 12.8 Å². The first kappa shape index (κ1) is 13.2. The summed E-state index contributed by atoms with van der Waals surface area (Å²) < 4.78 is 6.50. The molecule has 0 aliphatic rings. The van der Waals surface area contributed by atoms with Crippen LogP contribution in [0.5, 0.6) is 5.75 Å². The Balaban J connectivity index is 2.39. The number of nitrogens with one attached hydrogen (secondary N) is 1. The first-order valence-electron chi connectivity index (χ1n) is 5.30. The second-order valence-electron chi connectivity index (χ2n) is 3.71. The number of aryl methyl sites for hydroxylation is 1. The maximum atomic E-state index is 11.2. The van der Waals surface area contributed by atoms with E-state index in [1.54, 1.807) is 25.2 Å². The molecule has 1 aromatic carbocycles. The average molecular weight is 280 g/mol. The summed E-state index contributed by atoms with van der Waals surface area (Å²) in [7, 11) is 3.12. The van der Waals surface area contributed by atoms with Crippen LogP contribution in [0.1, 0.15) is 0 Å². The summed E-state index contributed by atoms with van der Waals surface area (Å²) in [6.07, 6.45) is 0. The van der Waals surface area contributed by atoms with E-state index in [2.05, 4.69) is 10.1 Å². The Labute approximate surface area is 112 Å². The van der Waals surface area contributed by atoms with Crippen LogP contribution in [0, 0.1) is 0 Å². The molecule has 100 valence electrons. The molecule has 2 aromatic rings. The highest BCUT2D eigenvalue weighted by atomic mass is 32.2. The maximum absolute atomic E-state index is 11.2. The largest absolute Gasteiger partial charge is 0.495 e. The molecule has 8 heteroatoms. The molecule has 7 nitrogen and oxygen atoms in total. The number of aromatic amines is 1. The van der Waals surface area contributed by atoms with Crippen LogP contribution in [0.4, 0.5) is 5.69 Å². The molecule has 0 radical (unpaired) electrons. The molecule has 0 bridgehead atoms. The van der Waals surface area contributed by atoms with Crippen molar-refractivity contribution >= 4 is 17.4 Å². The van der Waals surface area contributed by atoms with Gasteiger partial charge in [-0.3, -0.25) is 19.4 Å². The average Bonchev–Trinajstić information content (AvgIpc) is 2.38. The van der Waals surface area contributed by atoms with Gasteiger partial charge in [0.25, 0.3) is 0 Å². The van der Waals surface area contributed by atoms with Gasteiger partial charge in [0.15, 0.2) is 5.16 Å². The van der Waals surface area contributed by atoms with E-state index in [1.807, 2.05) is 0 Å². The molecule has 0 saturated heterocycles. The van der Waals surface area contributed by atoms with Gasteiger partial charge in [-0.15, -0.1) is 0 Å². The number of nitrogens with zero attached hydrogens (tertiary/aromatic N) is 2. The topological polar surface area (TPSA) is 103 Å². The molecule has 19 heavy (non-hydrogen) atoms. The van der Waals surface area contributed by atoms with Crippen molar-refractivity contribution < 1.29 is 4.74 Å². The number of ether oxygens (including phenoxy) is 1. The van der Waals surface area contributed by atoms with Crippen LogP contribution < -0.4 is 21.6 Å². The summed E-state index contributed by atoms with van der Waals surface area (Å²) in [6, 6.07) is 5.21. The minimum Gasteiger partial charge on any atom is -0.495 e. The minimum absolute atomic E-state index is 0.372. The Hall–Kier alpha value is -2.22. The van der Waals surface area contributed by atoms with Crippen molar-refractivity contribution in [1.82, 2.24) is 14.8 Å². The molecule has 0 amide bonds. The Morgan fingerprint density at radius 1 is 1.42 bits per heavy atom. The van der Waals surface area contributed by atoms with Crippen molar-refractivity contribution in [2.45, 2.75) is 10.1 Å². The van der Waals surface area contributed by atoms with Crippen molar-refractivity contribution in [1.29, 1.82) is 0 Å². The number of nitrogen functional groups attached to an aromatic ring is 1. The van der Waals surface area contributed by atoms with Gasteiger partial charge in [-0.25, -0.2) is 0 Å². The molecule has 1 aromatic heterocycles. The van der Waals surface area contributed by atoms with Gasteiger partial charge in [-0.2, -0.15) is 4.98 Å². The zero-order valence-electron chi connectivity index (χ0n) is 10.3. The summed E-state index contributed by atoms with van der Waals surface area (Å²) >= 11 is 1.22. The Morgan fingerprint density at radius 3 is 2.84 bits per heavy atom. The van der Waals surface area contributed by atoms with Crippen LogP contribution in [0.25, 0.3) is 0 Å². The van der Waals surface area contributed by atoms with Crippen LogP contribution in [-0.2, 0) is 7.05 Å². The third kappa shape index (κ3) is 2.79. The molecule has 0 atom stereocenters. The van der Waals surface area contributed by atoms with Crippen LogP contribution in [0.2, 0.25) is 0 Å². The first-order valence-corrected chi connectivity index (χ1v) is 6.11. The zero-order valence-corrected chi connectivity index (χ0v) is 11.2. The molecule has 0 saturated carbocycles. The molecule has 0 fully saturated rings. The van der Waals surface area contributed by atoms with Gasteiger partial charge in [0.1, 0.15) is 5.75 Å². The van der Waals surface area contributed by atoms with E-state index >= 15 is 0 Å². The predicted octanol–water partition coefficient (Wildman–Crippen LogP) is 0.211. The lowest BCUT2D eigenvalue weighted by atomic mass is 10.3. The predicted molar refractivity (Wildman–Crippen MR) is 71.6 cm³/mol. The van der Waals surface area contributed by atoms with Gasteiger partial charge in [-0.1, -0.05) is 0 Å². The van der Waals surface area contributed by atoms with Crippen molar-refractivity contribution in [3.63, 3.8) is 0 Å². The highest BCUT2D eigenvalue weighted by Crippen LogP contribution is 2.30. The van der Waals surface area contributed by atoms with E-state index in [9.17, 15) is 9.59 Å². The third-order valence-corrected chi connectivity index (χ3v) is 3.40.